The van der Waals surface area contributed by atoms with Crippen LogP contribution in [0, 0.1) is 46.3 Å². The number of rotatable bonds is 6. The minimum Gasteiger partial charge on any atom is -0.456 e. The highest BCUT2D eigenvalue weighted by molar-refractivity contribution is 5.67. The lowest BCUT2D eigenvalue weighted by molar-refractivity contribution is -0.274. The van der Waals surface area contributed by atoms with Gasteiger partial charge in [0.1, 0.15) is 5.60 Å². The van der Waals surface area contributed by atoms with E-state index in [1.165, 1.54) is 45.4 Å². The predicted molar refractivity (Wildman–Crippen MR) is 131 cm³/mol. The second kappa shape index (κ2) is 9.12. The van der Waals surface area contributed by atoms with E-state index in [1.54, 1.807) is 0 Å². The number of hydrogen-bond donors (Lipinski definition) is 2. The number of aliphatic hydroxyl groups is 2. The van der Waals surface area contributed by atoms with E-state index in [4.69, 9.17) is 4.74 Å². The molecule has 0 amide bonds. The Hall–Kier alpha value is -0.610. The maximum Gasteiger partial charge on any atom is 0.303 e. The maximum atomic E-state index is 12.2. The molecule has 10 atom stereocenters. The van der Waals surface area contributed by atoms with Crippen LogP contribution < -0.4 is 0 Å². The molecule has 2 N–H and O–H groups in total. The van der Waals surface area contributed by atoms with E-state index in [2.05, 4.69) is 34.6 Å². The van der Waals surface area contributed by atoms with E-state index in [-0.39, 0.29) is 11.4 Å². The van der Waals surface area contributed by atoms with Crippen molar-refractivity contribution >= 4 is 5.97 Å². The Morgan fingerprint density at radius 3 is 2.39 bits per heavy atom. The molecule has 4 aliphatic rings. The lowest BCUT2D eigenvalue weighted by Crippen LogP contribution is -2.70. The zero-order valence-electron chi connectivity index (χ0n) is 22.1. The van der Waals surface area contributed by atoms with Crippen molar-refractivity contribution in [2.24, 2.45) is 46.3 Å². The molecular formula is C29H50O4. The van der Waals surface area contributed by atoms with Crippen molar-refractivity contribution in [3.8, 4) is 0 Å². The average Bonchev–Trinajstić information content (AvgIpc) is 3.07. The van der Waals surface area contributed by atoms with Crippen LogP contribution in [0.3, 0.4) is 0 Å². The number of carbonyl (C=O) groups excluding carboxylic acids is 1. The van der Waals surface area contributed by atoms with Crippen molar-refractivity contribution in [3.63, 3.8) is 0 Å². The number of hydrogen-bond acceptors (Lipinski definition) is 4. The predicted octanol–water partition coefficient (Wildman–Crippen LogP) is 6.13. The fraction of sp³-hybridized carbons (Fsp3) is 0.966. The van der Waals surface area contributed by atoms with Crippen LogP contribution in [0.15, 0.2) is 0 Å². The van der Waals surface area contributed by atoms with Gasteiger partial charge in [-0.2, -0.15) is 0 Å². The minimum absolute atomic E-state index is 0.261. The van der Waals surface area contributed by atoms with Crippen LogP contribution in [-0.2, 0) is 9.53 Å². The van der Waals surface area contributed by atoms with Crippen molar-refractivity contribution in [2.75, 3.05) is 0 Å². The number of ether oxygens (including phenoxy) is 1. The first-order valence-corrected chi connectivity index (χ1v) is 14.0. The SMILES string of the molecule is CC(=O)OC12C[C@H](O)CCC1(C)C1CCC3(C)C(C(C)CCCC(C)C)CCC3C1C[C@H]2O. The Balaban J connectivity index is 1.58. The number of aliphatic hydroxyl groups excluding tert-OH is 2. The van der Waals surface area contributed by atoms with Crippen LogP contribution in [0.5, 0.6) is 0 Å². The summed E-state index contributed by atoms with van der Waals surface area (Å²) in [4.78, 5) is 12.2. The molecule has 0 aromatic carbocycles. The molecule has 0 aliphatic heterocycles. The second-order valence-electron chi connectivity index (χ2n) is 13.5. The summed E-state index contributed by atoms with van der Waals surface area (Å²) in [5, 5.41) is 22.1. The van der Waals surface area contributed by atoms with Gasteiger partial charge in [-0.1, -0.05) is 53.9 Å². The third-order valence-electron chi connectivity index (χ3n) is 11.3. The number of carbonyl (C=O) groups is 1. The number of fused-ring (bicyclic) bond motifs is 5. The lowest BCUT2D eigenvalue weighted by Gasteiger charge is -2.66. The zero-order valence-corrected chi connectivity index (χ0v) is 22.1. The zero-order chi connectivity index (χ0) is 24.2. The molecule has 4 heteroatoms. The first-order chi connectivity index (χ1) is 15.4. The molecule has 0 bridgehead atoms. The molecule has 0 radical (unpaired) electrons. The molecule has 0 heterocycles. The summed E-state index contributed by atoms with van der Waals surface area (Å²) in [6.07, 6.45) is 10.5. The van der Waals surface area contributed by atoms with Gasteiger partial charge < -0.3 is 14.9 Å². The van der Waals surface area contributed by atoms with Crippen LogP contribution in [0.25, 0.3) is 0 Å². The van der Waals surface area contributed by atoms with E-state index < -0.39 is 17.8 Å². The summed E-state index contributed by atoms with van der Waals surface area (Å²) in [6, 6.07) is 0. The largest absolute Gasteiger partial charge is 0.456 e. The Morgan fingerprint density at radius 2 is 1.73 bits per heavy atom. The van der Waals surface area contributed by atoms with Gasteiger partial charge in [-0.3, -0.25) is 4.79 Å². The molecule has 4 saturated carbocycles. The van der Waals surface area contributed by atoms with Crippen molar-refractivity contribution in [1.82, 2.24) is 0 Å². The summed E-state index contributed by atoms with van der Waals surface area (Å²) >= 11 is 0. The first-order valence-electron chi connectivity index (χ1n) is 14.0. The summed E-state index contributed by atoms with van der Waals surface area (Å²) in [5.41, 5.74) is -0.833. The normalized spacial score (nSPS) is 48.0. The van der Waals surface area contributed by atoms with E-state index in [9.17, 15) is 15.0 Å². The third kappa shape index (κ3) is 4.09. The Kier molecular flexibility index (Phi) is 7.04. The third-order valence-corrected chi connectivity index (χ3v) is 11.3. The topological polar surface area (TPSA) is 66.8 Å². The highest BCUT2D eigenvalue weighted by Crippen LogP contribution is 2.69. The van der Waals surface area contributed by atoms with E-state index in [0.29, 0.717) is 29.6 Å². The monoisotopic (exact) mass is 462 g/mol. The van der Waals surface area contributed by atoms with Crippen LogP contribution in [0.1, 0.15) is 112 Å². The van der Waals surface area contributed by atoms with Gasteiger partial charge in [0.05, 0.1) is 12.2 Å². The van der Waals surface area contributed by atoms with Crippen molar-refractivity contribution in [3.05, 3.63) is 0 Å². The quantitative estimate of drug-likeness (QED) is 0.466. The van der Waals surface area contributed by atoms with Crippen LogP contribution in [0.4, 0.5) is 0 Å². The Labute approximate surface area is 202 Å². The summed E-state index contributed by atoms with van der Waals surface area (Å²) in [6.45, 7) is 13.4. The summed E-state index contributed by atoms with van der Waals surface area (Å²) < 4.78 is 6.03. The molecule has 8 unspecified atom stereocenters. The fourth-order valence-electron chi connectivity index (χ4n) is 9.74. The average molecular weight is 463 g/mol. The van der Waals surface area contributed by atoms with Gasteiger partial charge >= 0.3 is 5.97 Å². The second-order valence-corrected chi connectivity index (χ2v) is 13.5. The van der Waals surface area contributed by atoms with Crippen molar-refractivity contribution < 1.29 is 19.7 Å². The molecule has 4 aliphatic carbocycles. The van der Waals surface area contributed by atoms with E-state index in [1.807, 2.05) is 0 Å². The Morgan fingerprint density at radius 1 is 1.00 bits per heavy atom. The number of esters is 1. The van der Waals surface area contributed by atoms with Gasteiger partial charge in [-0.25, -0.2) is 0 Å². The highest BCUT2D eigenvalue weighted by Gasteiger charge is 2.69. The molecule has 0 aromatic rings. The molecule has 4 nitrogen and oxygen atoms in total. The Bertz CT molecular complexity index is 720. The van der Waals surface area contributed by atoms with E-state index in [0.717, 1.165) is 43.4 Å². The van der Waals surface area contributed by atoms with Gasteiger partial charge in [0.15, 0.2) is 0 Å². The van der Waals surface area contributed by atoms with Crippen molar-refractivity contribution in [1.29, 1.82) is 0 Å². The van der Waals surface area contributed by atoms with Gasteiger partial charge in [-0.05, 0) is 85.9 Å². The lowest BCUT2D eigenvalue weighted by atomic mass is 9.42. The fourth-order valence-corrected chi connectivity index (χ4v) is 9.74. The van der Waals surface area contributed by atoms with Gasteiger partial charge in [-0.15, -0.1) is 0 Å². The van der Waals surface area contributed by atoms with Gasteiger partial charge in [0.25, 0.3) is 0 Å². The summed E-state index contributed by atoms with van der Waals surface area (Å²) in [7, 11) is 0. The molecule has 0 aromatic heterocycles. The molecule has 0 spiro atoms. The van der Waals surface area contributed by atoms with Gasteiger partial charge in [0.2, 0.25) is 0 Å². The smallest absolute Gasteiger partial charge is 0.303 e. The van der Waals surface area contributed by atoms with Crippen LogP contribution >= 0.6 is 0 Å². The molecule has 0 saturated heterocycles. The standard InChI is InChI=1S/C29H50O4/c1-18(2)8-7-9-19(3)23-10-11-24-22-16-26(32)29(33-20(4)30)17-21(31)12-15-28(29,6)25(22)13-14-27(23,24)5/h18-19,21-26,31-32H,7-17H2,1-6H3/t19?,21-,22?,23?,24?,25?,26-,27?,28?,29?/m1/s1. The molecule has 190 valence electrons. The maximum absolute atomic E-state index is 12.2. The van der Waals surface area contributed by atoms with Crippen LogP contribution in [-0.4, -0.2) is 34.0 Å². The molecular weight excluding hydrogens is 412 g/mol. The molecule has 4 rings (SSSR count). The highest BCUT2D eigenvalue weighted by atomic mass is 16.6. The minimum atomic E-state index is -0.937. The first kappa shape index (κ1) is 25.5. The molecule has 4 fully saturated rings. The van der Waals surface area contributed by atoms with Crippen molar-refractivity contribution in [2.45, 2.75) is 130 Å². The summed E-state index contributed by atoms with van der Waals surface area (Å²) in [5.74, 6) is 3.62. The molecule has 33 heavy (non-hydrogen) atoms. The van der Waals surface area contributed by atoms with Gasteiger partial charge in [0, 0.05) is 18.8 Å². The van der Waals surface area contributed by atoms with Crippen LogP contribution in [0.2, 0.25) is 0 Å². The van der Waals surface area contributed by atoms with E-state index >= 15 is 0 Å².